The molecule has 18 heavy (non-hydrogen) atoms. The van der Waals surface area contributed by atoms with Crippen molar-refractivity contribution in [2.45, 2.75) is 19.8 Å². The van der Waals surface area contributed by atoms with E-state index in [-0.39, 0.29) is 11.8 Å². The Labute approximate surface area is 106 Å². The molecule has 1 heterocycles. The van der Waals surface area contributed by atoms with Gasteiger partial charge in [-0.2, -0.15) is 0 Å². The fourth-order valence-electron chi connectivity index (χ4n) is 2.08. The van der Waals surface area contributed by atoms with E-state index in [0.29, 0.717) is 24.4 Å². The van der Waals surface area contributed by atoms with Gasteiger partial charge in [0.25, 0.3) is 0 Å². The highest BCUT2D eigenvalue weighted by molar-refractivity contribution is 5.97. The van der Waals surface area contributed by atoms with Crippen molar-refractivity contribution in [1.29, 1.82) is 0 Å². The van der Waals surface area contributed by atoms with Crippen LogP contribution in [0.25, 0.3) is 0 Å². The van der Waals surface area contributed by atoms with E-state index in [1.165, 1.54) is 6.92 Å². The molecular weight excluding hydrogens is 232 g/mol. The molecule has 0 aliphatic carbocycles. The Kier molecular flexibility index (Phi) is 3.50. The molecule has 1 aliphatic rings. The summed E-state index contributed by atoms with van der Waals surface area (Å²) in [6.45, 7) is 2.17. The number of anilines is 2. The van der Waals surface area contributed by atoms with Crippen molar-refractivity contribution in [3.63, 3.8) is 0 Å². The van der Waals surface area contributed by atoms with E-state index >= 15 is 0 Å². The van der Waals surface area contributed by atoms with Gasteiger partial charge in [0.1, 0.15) is 5.75 Å². The van der Waals surface area contributed by atoms with Gasteiger partial charge < -0.3 is 15.0 Å². The number of methoxy groups -OCH3 is 1. The first kappa shape index (κ1) is 12.4. The number of hydrogen-bond acceptors (Lipinski definition) is 3. The maximum Gasteiger partial charge on any atom is 0.227 e. The van der Waals surface area contributed by atoms with Gasteiger partial charge in [-0.05, 0) is 18.6 Å². The first-order valence-corrected chi connectivity index (χ1v) is 5.88. The number of carbonyl (C=O) groups is 2. The molecule has 2 rings (SSSR count). The van der Waals surface area contributed by atoms with Gasteiger partial charge in [0.2, 0.25) is 11.8 Å². The highest BCUT2D eigenvalue weighted by Gasteiger charge is 2.24. The maximum absolute atomic E-state index is 11.7. The van der Waals surface area contributed by atoms with E-state index in [9.17, 15) is 9.59 Å². The smallest absolute Gasteiger partial charge is 0.227 e. The van der Waals surface area contributed by atoms with Crippen molar-refractivity contribution in [2.24, 2.45) is 0 Å². The van der Waals surface area contributed by atoms with Crippen molar-refractivity contribution >= 4 is 23.2 Å². The molecule has 0 radical (unpaired) electrons. The van der Waals surface area contributed by atoms with Crippen LogP contribution in [0.5, 0.6) is 5.75 Å². The van der Waals surface area contributed by atoms with E-state index < -0.39 is 0 Å². The van der Waals surface area contributed by atoms with Crippen LogP contribution < -0.4 is 15.0 Å². The van der Waals surface area contributed by atoms with Gasteiger partial charge in [0.05, 0.1) is 12.8 Å². The van der Waals surface area contributed by atoms with Crippen LogP contribution in [0.3, 0.4) is 0 Å². The Morgan fingerprint density at radius 1 is 1.44 bits per heavy atom. The van der Waals surface area contributed by atoms with Crippen LogP contribution >= 0.6 is 0 Å². The molecule has 1 fully saturated rings. The van der Waals surface area contributed by atoms with Gasteiger partial charge in [-0.25, -0.2) is 0 Å². The molecule has 1 aromatic rings. The summed E-state index contributed by atoms with van der Waals surface area (Å²) >= 11 is 0. The number of rotatable bonds is 3. The van der Waals surface area contributed by atoms with Crippen LogP contribution in [-0.2, 0) is 9.59 Å². The van der Waals surface area contributed by atoms with Crippen molar-refractivity contribution < 1.29 is 14.3 Å². The van der Waals surface area contributed by atoms with Gasteiger partial charge in [-0.1, -0.05) is 0 Å². The molecule has 1 aliphatic heterocycles. The standard InChI is InChI=1S/C13H16N2O3/c1-9(16)14-10-5-6-11(12(8-10)18-2)15-7-3-4-13(15)17/h5-6,8H,3-4,7H2,1-2H3,(H,14,16). The van der Waals surface area contributed by atoms with Gasteiger partial charge >= 0.3 is 0 Å². The third-order valence-corrected chi connectivity index (χ3v) is 2.86. The first-order valence-electron chi connectivity index (χ1n) is 5.88. The second-order valence-corrected chi connectivity index (χ2v) is 4.22. The molecule has 1 saturated heterocycles. The lowest BCUT2D eigenvalue weighted by atomic mass is 10.2. The Hall–Kier alpha value is -2.04. The predicted molar refractivity (Wildman–Crippen MR) is 68.9 cm³/mol. The van der Waals surface area contributed by atoms with E-state index in [1.807, 2.05) is 0 Å². The molecule has 5 heteroatoms. The largest absolute Gasteiger partial charge is 0.494 e. The van der Waals surface area contributed by atoms with E-state index in [2.05, 4.69) is 5.32 Å². The van der Waals surface area contributed by atoms with Crippen molar-refractivity contribution in [1.82, 2.24) is 0 Å². The Morgan fingerprint density at radius 3 is 2.78 bits per heavy atom. The molecule has 0 spiro atoms. The molecular formula is C13H16N2O3. The summed E-state index contributed by atoms with van der Waals surface area (Å²) in [7, 11) is 1.55. The fourth-order valence-corrected chi connectivity index (χ4v) is 2.08. The highest BCUT2D eigenvalue weighted by atomic mass is 16.5. The average Bonchev–Trinajstić information content (AvgIpc) is 2.74. The first-order chi connectivity index (χ1) is 8.61. The number of nitrogens with zero attached hydrogens (tertiary/aromatic N) is 1. The summed E-state index contributed by atoms with van der Waals surface area (Å²) in [6, 6.07) is 5.29. The molecule has 0 bridgehead atoms. The summed E-state index contributed by atoms with van der Waals surface area (Å²) in [4.78, 5) is 24.4. The summed E-state index contributed by atoms with van der Waals surface area (Å²) in [6.07, 6.45) is 1.45. The van der Waals surface area contributed by atoms with Gasteiger partial charge in [0.15, 0.2) is 0 Å². The van der Waals surface area contributed by atoms with Crippen LogP contribution in [0.2, 0.25) is 0 Å². The number of amides is 2. The summed E-state index contributed by atoms with van der Waals surface area (Å²) in [5.41, 5.74) is 1.42. The quantitative estimate of drug-likeness (QED) is 0.887. The highest BCUT2D eigenvalue weighted by Crippen LogP contribution is 2.33. The summed E-state index contributed by atoms with van der Waals surface area (Å²) in [5, 5.41) is 2.69. The number of nitrogens with one attached hydrogen (secondary N) is 1. The van der Waals surface area contributed by atoms with Crippen LogP contribution in [0.4, 0.5) is 11.4 Å². The SMILES string of the molecule is COc1cc(NC(C)=O)ccc1N1CCCC1=O. The zero-order valence-corrected chi connectivity index (χ0v) is 10.5. The van der Waals surface area contributed by atoms with Gasteiger partial charge in [0, 0.05) is 31.6 Å². The average molecular weight is 248 g/mol. The van der Waals surface area contributed by atoms with Crippen LogP contribution in [0.1, 0.15) is 19.8 Å². The minimum atomic E-state index is -0.137. The second-order valence-electron chi connectivity index (χ2n) is 4.22. The van der Waals surface area contributed by atoms with Crippen molar-refractivity contribution in [3.8, 4) is 5.75 Å². The zero-order valence-electron chi connectivity index (χ0n) is 10.5. The molecule has 96 valence electrons. The lowest BCUT2D eigenvalue weighted by Crippen LogP contribution is -2.24. The second kappa shape index (κ2) is 5.08. The normalized spacial score (nSPS) is 14.8. The third-order valence-electron chi connectivity index (χ3n) is 2.86. The Bertz CT molecular complexity index is 485. The molecule has 1 aromatic carbocycles. The molecule has 0 aromatic heterocycles. The summed E-state index contributed by atoms with van der Waals surface area (Å²) < 4.78 is 5.28. The van der Waals surface area contributed by atoms with Crippen molar-refractivity contribution in [2.75, 3.05) is 23.9 Å². The number of carbonyl (C=O) groups excluding carboxylic acids is 2. The minimum Gasteiger partial charge on any atom is -0.494 e. The van der Waals surface area contributed by atoms with Crippen molar-refractivity contribution in [3.05, 3.63) is 18.2 Å². The molecule has 5 nitrogen and oxygen atoms in total. The van der Waals surface area contributed by atoms with Gasteiger partial charge in [-0.15, -0.1) is 0 Å². The third kappa shape index (κ3) is 2.45. The van der Waals surface area contributed by atoms with Gasteiger partial charge in [-0.3, -0.25) is 9.59 Å². The monoisotopic (exact) mass is 248 g/mol. The maximum atomic E-state index is 11.7. The molecule has 0 saturated carbocycles. The topological polar surface area (TPSA) is 58.6 Å². The van der Waals surface area contributed by atoms with Crippen LogP contribution in [-0.4, -0.2) is 25.5 Å². The van der Waals surface area contributed by atoms with Crippen LogP contribution in [0, 0.1) is 0 Å². The number of hydrogen-bond donors (Lipinski definition) is 1. The fraction of sp³-hybridized carbons (Fsp3) is 0.385. The zero-order chi connectivity index (χ0) is 13.1. The van der Waals surface area contributed by atoms with Crippen LogP contribution in [0.15, 0.2) is 18.2 Å². The van der Waals surface area contributed by atoms with E-state index in [1.54, 1.807) is 30.2 Å². The molecule has 1 N–H and O–H groups in total. The number of benzene rings is 1. The van der Waals surface area contributed by atoms with E-state index in [0.717, 1.165) is 12.1 Å². The lowest BCUT2D eigenvalue weighted by molar-refractivity contribution is -0.117. The number of ether oxygens (including phenoxy) is 1. The minimum absolute atomic E-state index is 0.112. The summed E-state index contributed by atoms with van der Waals surface area (Å²) in [5.74, 6) is 0.569. The lowest BCUT2D eigenvalue weighted by Gasteiger charge is -2.19. The Morgan fingerprint density at radius 2 is 2.22 bits per heavy atom. The molecule has 2 amide bonds. The Balaban J connectivity index is 2.31. The predicted octanol–water partition coefficient (Wildman–Crippen LogP) is 1.78. The molecule has 0 unspecified atom stereocenters. The van der Waals surface area contributed by atoms with E-state index in [4.69, 9.17) is 4.74 Å². The molecule has 0 atom stereocenters.